The molecule has 0 aliphatic rings. The Balaban J connectivity index is 2.12. The molecule has 0 aliphatic carbocycles. The van der Waals surface area contributed by atoms with Crippen LogP contribution in [0.15, 0.2) is 64.5 Å². The van der Waals surface area contributed by atoms with Crippen LogP contribution in [0.5, 0.6) is 0 Å². The lowest BCUT2D eigenvalue weighted by atomic mass is 9.97. The standard InChI is InChI=1S/C17H12BrNOS/c18-13-8-4-7-12(9-13)14-10-21-17(19)15(14)16(20)11-5-2-1-3-6-11/h1-10H,19H2. The Morgan fingerprint density at radius 1 is 1.05 bits per heavy atom. The molecule has 0 saturated heterocycles. The van der Waals surface area contributed by atoms with Crippen molar-refractivity contribution in [3.8, 4) is 11.1 Å². The highest BCUT2D eigenvalue weighted by Gasteiger charge is 2.19. The number of ketones is 1. The molecule has 0 fully saturated rings. The third kappa shape index (κ3) is 2.77. The second-order valence-electron chi connectivity index (χ2n) is 4.59. The van der Waals surface area contributed by atoms with Gasteiger partial charge in [0.05, 0.1) is 10.6 Å². The molecule has 1 heterocycles. The van der Waals surface area contributed by atoms with Crippen LogP contribution in [0, 0.1) is 0 Å². The van der Waals surface area contributed by atoms with Crippen LogP contribution in [0.3, 0.4) is 0 Å². The monoisotopic (exact) mass is 357 g/mol. The number of thiophene rings is 1. The van der Waals surface area contributed by atoms with E-state index in [1.165, 1.54) is 11.3 Å². The lowest BCUT2D eigenvalue weighted by molar-refractivity contribution is 0.104. The van der Waals surface area contributed by atoms with Gasteiger partial charge in [0.15, 0.2) is 5.78 Å². The molecule has 3 rings (SSSR count). The van der Waals surface area contributed by atoms with Crippen molar-refractivity contribution in [1.29, 1.82) is 0 Å². The number of carbonyl (C=O) groups is 1. The summed E-state index contributed by atoms with van der Waals surface area (Å²) in [6, 6.07) is 17.1. The lowest BCUT2D eigenvalue weighted by Crippen LogP contribution is -2.04. The molecule has 0 radical (unpaired) electrons. The first-order chi connectivity index (χ1) is 10.2. The molecule has 104 valence electrons. The zero-order valence-corrected chi connectivity index (χ0v) is 13.4. The molecule has 0 unspecified atom stereocenters. The van der Waals surface area contributed by atoms with Crippen molar-refractivity contribution in [3.05, 3.63) is 75.6 Å². The van der Waals surface area contributed by atoms with E-state index in [0.29, 0.717) is 16.1 Å². The van der Waals surface area contributed by atoms with E-state index in [1.807, 2.05) is 60.0 Å². The lowest BCUT2D eigenvalue weighted by Gasteiger charge is -2.06. The van der Waals surface area contributed by atoms with Gasteiger partial charge in [-0.15, -0.1) is 11.3 Å². The van der Waals surface area contributed by atoms with Gasteiger partial charge >= 0.3 is 0 Å². The zero-order valence-electron chi connectivity index (χ0n) is 11.0. The molecule has 2 nitrogen and oxygen atoms in total. The molecule has 0 bridgehead atoms. The summed E-state index contributed by atoms with van der Waals surface area (Å²) in [5.41, 5.74) is 9.15. The van der Waals surface area contributed by atoms with E-state index < -0.39 is 0 Å². The van der Waals surface area contributed by atoms with Gasteiger partial charge in [0, 0.05) is 21.0 Å². The molecule has 0 amide bonds. The molecule has 0 aliphatic heterocycles. The molecule has 4 heteroatoms. The van der Waals surface area contributed by atoms with Crippen LogP contribution in [0.4, 0.5) is 5.00 Å². The predicted molar refractivity (Wildman–Crippen MR) is 91.7 cm³/mol. The summed E-state index contributed by atoms with van der Waals surface area (Å²) < 4.78 is 0.975. The van der Waals surface area contributed by atoms with Gasteiger partial charge in [-0.1, -0.05) is 58.4 Å². The summed E-state index contributed by atoms with van der Waals surface area (Å²) in [6.45, 7) is 0. The number of carbonyl (C=O) groups excluding carboxylic acids is 1. The van der Waals surface area contributed by atoms with Gasteiger partial charge < -0.3 is 5.73 Å². The fraction of sp³-hybridized carbons (Fsp3) is 0. The second kappa shape index (κ2) is 5.84. The number of benzene rings is 2. The Hall–Kier alpha value is -1.91. The van der Waals surface area contributed by atoms with Crippen molar-refractivity contribution in [2.24, 2.45) is 0 Å². The van der Waals surface area contributed by atoms with E-state index in [4.69, 9.17) is 5.73 Å². The normalized spacial score (nSPS) is 10.5. The van der Waals surface area contributed by atoms with Gasteiger partial charge in [-0.2, -0.15) is 0 Å². The molecule has 0 saturated carbocycles. The molecular weight excluding hydrogens is 346 g/mol. The highest BCUT2D eigenvalue weighted by atomic mass is 79.9. The van der Waals surface area contributed by atoms with Gasteiger partial charge in [-0.05, 0) is 17.7 Å². The van der Waals surface area contributed by atoms with Crippen molar-refractivity contribution < 1.29 is 4.79 Å². The van der Waals surface area contributed by atoms with E-state index in [1.54, 1.807) is 0 Å². The fourth-order valence-electron chi connectivity index (χ4n) is 2.21. The first-order valence-corrected chi connectivity index (χ1v) is 8.06. The van der Waals surface area contributed by atoms with Crippen molar-refractivity contribution in [2.75, 3.05) is 5.73 Å². The Bertz CT molecular complexity index is 796. The van der Waals surface area contributed by atoms with Crippen LogP contribution < -0.4 is 5.73 Å². The van der Waals surface area contributed by atoms with Crippen LogP contribution >= 0.6 is 27.3 Å². The minimum Gasteiger partial charge on any atom is -0.390 e. The second-order valence-corrected chi connectivity index (χ2v) is 6.42. The predicted octanol–water partition coefficient (Wildman–Crippen LogP) is 4.99. The molecule has 0 spiro atoms. The summed E-state index contributed by atoms with van der Waals surface area (Å²) in [5, 5.41) is 2.49. The van der Waals surface area contributed by atoms with Gasteiger partial charge in [0.25, 0.3) is 0 Å². The Morgan fingerprint density at radius 3 is 2.52 bits per heavy atom. The minimum atomic E-state index is -0.0377. The smallest absolute Gasteiger partial charge is 0.196 e. The molecule has 2 aromatic carbocycles. The van der Waals surface area contributed by atoms with E-state index in [9.17, 15) is 4.79 Å². The number of nitrogens with two attached hydrogens (primary N) is 1. The van der Waals surface area contributed by atoms with Gasteiger partial charge in [-0.3, -0.25) is 4.79 Å². The van der Waals surface area contributed by atoms with Crippen LogP contribution in [0.1, 0.15) is 15.9 Å². The van der Waals surface area contributed by atoms with Gasteiger partial charge in [-0.25, -0.2) is 0 Å². The summed E-state index contributed by atoms with van der Waals surface area (Å²) in [7, 11) is 0. The number of hydrogen-bond donors (Lipinski definition) is 1. The van der Waals surface area contributed by atoms with Crippen LogP contribution in [-0.2, 0) is 0 Å². The van der Waals surface area contributed by atoms with Crippen LogP contribution in [0.2, 0.25) is 0 Å². The molecule has 3 aromatic rings. The van der Waals surface area contributed by atoms with E-state index in [2.05, 4.69) is 15.9 Å². The third-order valence-corrected chi connectivity index (χ3v) is 4.52. The molecule has 0 atom stereocenters. The SMILES string of the molecule is Nc1scc(-c2cccc(Br)c2)c1C(=O)c1ccccc1. The number of halogens is 1. The summed E-state index contributed by atoms with van der Waals surface area (Å²) in [6.07, 6.45) is 0. The zero-order chi connectivity index (χ0) is 14.8. The number of anilines is 1. The molecule has 2 N–H and O–H groups in total. The Labute approximate surface area is 135 Å². The van der Waals surface area contributed by atoms with E-state index in [0.717, 1.165) is 15.6 Å². The third-order valence-electron chi connectivity index (χ3n) is 3.22. The first kappa shape index (κ1) is 14.0. The maximum absolute atomic E-state index is 12.7. The largest absolute Gasteiger partial charge is 0.390 e. The average Bonchev–Trinajstić information content (AvgIpc) is 2.89. The summed E-state index contributed by atoms with van der Waals surface area (Å²) >= 11 is 4.86. The molecule has 21 heavy (non-hydrogen) atoms. The van der Waals surface area contributed by atoms with Crippen molar-refractivity contribution >= 4 is 38.1 Å². The maximum Gasteiger partial charge on any atom is 0.196 e. The van der Waals surface area contributed by atoms with E-state index in [-0.39, 0.29) is 5.78 Å². The van der Waals surface area contributed by atoms with E-state index >= 15 is 0 Å². The quantitative estimate of drug-likeness (QED) is 0.670. The summed E-state index contributed by atoms with van der Waals surface area (Å²) in [5.74, 6) is -0.0377. The van der Waals surface area contributed by atoms with Crippen LogP contribution in [-0.4, -0.2) is 5.78 Å². The number of hydrogen-bond acceptors (Lipinski definition) is 3. The summed E-state index contributed by atoms with van der Waals surface area (Å²) in [4.78, 5) is 12.7. The fourth-order valence-corrected chi connectivity index (χ4v) is 3.43. The highest BCUT2D eigenvalue weighted by Crippen LogP contribution is 2.36. The Kier molecular flexibility index (Phi) is 3.90. The average molecular weight is 358 g/mol. The molecule has 1 aromatic heterocycles. The highest BCUT2D eigenvalue weighted by molar-refractivity contribution is 9.10. The van der Waals surface area contributed by atoms with Crippen molar-refractivity contribution in [1.82, 2.24) is 0 Å². The van der Waals surface area contributed by atoms with Gasteiger partial charge in [0.2, 0.25) is 0 Å². The first-order valence-electron chi connectivity index (χ1n) is 6.39. The minimum absolute atomic E-state index is 0.0377. The van der Waals surface area contributed by atoms with Crippen molar-refractivity contribution in [3.63, 3.8) is 0 Å². The maximum atomic E-state index is 12.7. The van der Waals surface area contributed by atoms with Crippen molar-refractivity contribution in [2.45, 2.75) is 0 Å². The number of rotatable bonds is 3. The topological polar surface area (TPSA) is 43.1 Å². The van der Waals surface area contributed by atoms with Crippen LogP contribution in [0.25, 0.3) is 11.1 Å². The van der Waals surface area contributed by atoms with Gasteiger partial charge in [0.1, 0.15) is 0 Å². The number of nitrogen functional groups attached to an aromatic ring is 1. The molecular formula is C17H12BrNOS. The Morgan fingerprint density at radius 2 is 1.81 bits per heavy atom.